The Morgan fingerprint density at radius 2 is 1.00 bits per heavy atom. The van der Waals surface area contributed by atoms with Crippen molar-refractivity contribution in [2.24, 2.45) is 0 Å². The minimum atomic E-state index is -1.98. The molecule has 0 nitrogen and oxygen atoms in total. The molecule has 0 heterocycles. The van der Waals surface area contributed by atoms with Crippen LogP contribution in [0.15, 0.2) is 0 Å². The van der Waals surface area contributed by atoms with Crippen molar-refractivity contribution in [3.05, 3.63) is 0 Å². The second-order valence-corrected chi connectivity index (χ2v) is 10.1. The Bertz CT molecular complexity index is 9.61. The van der Waals surface area contributed by atoms with Crippen LogP contribution in [0.25, 0.3) is 0 Å². The van der Waals surface area contributed by atoms with Crippen LogP contribution >= 0.6 is 17.9 Å². The maximum atomic E-state index is 4.98. The topological polar surface area (TPSA) is 0 Å². The Kier molecular flexibility index (Phi) is 17.0. The normalized spacial score (nSPS) is 9.00. The van der Waals surface area contributed by atoms with Crippen LogP contribution in [0.4, 0.5) is 0 Å². The quantitative estimate of drug-likeness (QED) is 0.563. The van der Waals surface area contributed by atoms with E-state index in [1.54, 1.807) is 0 Å². The molecule has 0 aromatic rings. The van der Waals surface area contributed by atoms with E-state index < -0.39 is 29.2 Å². The second-order valence-electron chi connectivity index (χ2n) is 0.152. The predicted octanol–water partition coefficient (Wildman–Crippen LogP) is 2.07. The molecule has 0 aliphatic heterocycles. The van der Waals surface area contributed by atoms with Gasteiger partial charge in [-0.1, -0.05) is 0 Å². The first-order valence-electron chi connectivity index (χ1n) is 0.401. The first-order valence-corrected chi connectivity index (χ1v) is 8.92. The third-order valence-corrected chi connectivity index (χ3v) is 0. The molecule has 0 spiro atoms. The van der Waals surface area contributed by atoms with Crippen LogP contribution in [-0.4, -0.2) is 0 Å². The van der Waals surface area contributed by atoms with Crippen LogP contribution in [0.1, 0.15) is 0 Å². The van der Waals surface area contributed by atoms with Gasteiger partial charge in [0.2, 0.25) is 0 Å². The molecule has 0 saturated carbocycles. The van der Waals surface area contributed by atoms with E-state index in [2.05, 4.69) is 0 Å². The Morgan fingerprint density at radius 3 is 1.00 bits per heavy atom. The van der Waals surface area contributed by atoms with Gasteiger partial charge in [0.15, 0.2) is 0 Å². The van der Waals surface area contributed by atoms with Gasteiger partial charge in [-0.3, -0.25) is 0 Å². The standard InChI is InChI=1S/3ClH.2Gd/h3*1H;;/q;;;;+3/p-3. The maximum absolute atomic E-state index is 4.98. The van der Waals surface area contributed by atoms with Crippen LogP contribution in [0.2, 0.25) is 0 Å². The van der Waals surface area contributed by atoms with Crippen LogP contribution in [0.3, 0.4) is 0 Å². The molecular formula is Cl3Gd2. The summed E-state index contributed by atoms with van der Waals surface area (Å²) in [4.78, 5) is 0. The molecule has 0 saturated heterocycles. The van der Waals surface area contributed by atoms with Gasteiger partial charge in [0.1, 0.15) is 0 Å². The van der Waals surface area contributed by atoms with Crippen molar-refractivity contribution in [3.63, 3.8) is 0 Å². The van der Waals surface area contributed by atoms with Crippen LogP contribution < -0.4 is 0 Å². The van der Waals surface area contributed by atoms with Gasteiger partial charge in [-0.05, 0) is 0 Å². The van der Waals surface area contributed by atoms with E-state index in [0.29, 0.717) is 0 Å². The van der Waals surface area contributed by atoms with E-state index >= 15 is 0 Å². The zero-order valence-electron chi connectivity index (χ0n) is 1.84. The number of hydrogen-bond donors (Lipinski definition) is 0. The summed E-state index contributed by atoms with van der Waals surface area (Å²) in [5.41, 5.74) is 0. The molecule has 0 aliphatic rings. The van der Waals surface area contributed by atoms with Gasteiger partial charge in [0.05, 0.1) is 0 Å². The first kappa shape index (κ1) is 11.3. The van der Waals surface area contributed by atoms with Crippen molar-refractivity contribution in [1.82, 2.24) is 0 Å². The summed E-state index contributed by atoms with van der Waals surface area (Å²) >= 11 is -1.98. The minimum absolute atomic E-state index is 0. The second kappa shape index (κ2) is 7.52. The van der Waals surface area contributed by atoms with Crippen LogP contribution in [-0.2, 0) is 0 Å². The molecule has 37 valence electrons. The van der Waals surface area contributed by atoms with Crippen molar-refractivity contribution < 1.29 is 69.1 Å². The predicted molar refractivity (Wildman–Crippen MR) is 17.6 cm³/mol. The van der Waals surface area contributed by atoms with Gasteiger partial charge in [-0.2, -0.15) is 0 Å². The summed E-state index contributed by atoms with van der Waals surface area (Å²) in [6.07, 6.45) is 0. The summed E-state index contributed by atoms with van der Waals surface area (Å²) in [6, 6.07) is 0. The van der Waals surface area contributed by atoms with E-state index in [-0.39, 0.29) is 39.9 Å². The molecular weight excluding hydrogens is 421 g/mol. The molecule has 0 aromatic heterocycles. The van der Waals surface area contributed by atoms with E-state index in [1.165, 1.54) is 0 Å². The third kappa shape index (κ3) is 18.5. The van der Waals surface area contributed by atoms with Gasteiger partial charge in [-0.15, -0.1) is 0 Å². The molecule has 0 aliphatic carbocycles. The summed E-state index contributed by atoms with van der Waals surface area (Å²) in [6.45, 7) is 0. The van der Waals surface area contributed by atoms with Gasteiger partial charge in [0.25, 0.3) is 0 Å². The zero-order valence-corrected chi connectivity index (χ0v) is 8.65. The van der Waals surface area contributed by atoms with Crippen molar-refractivity contribution in [2.75, 3.05) is 0 Å². The van der Waals surface area contributed by atoms with Crippen LogP contribution in [0.5, 0.6) is 0 Å². The Labute approximate surface area is 84.1 Å². The summed E-state index contributed by atoms with van der Waals surface area (Å²) < 4.78 is 0. The Balaban J connectivity index is 0. The molecule has 0 atom stereocenters. The smallest absolute Gasteiger partial charge is 0 e. The molecule has 5 heteroatoms. The van der Waals surface area contributed by atoms with E-state index in [1.807, 2.05) is 0 Å². The summed E-state index contributed by atoms with van der Waals surface area (Å²) in [7, 11) is 0. The summed E-state index contributed by atoms with van der Waals surface area (Å²) in [5.74, 6) is 14.9. The molecule has 0 bridgehead atoms. The number of rotatable bonds is 0. The largest absolute Gasteiger partial charge is 0 e. The Morgan fingerprint density at radius 1 is 1.00 bits per heavy atom. The van der Waals surface area contributed by atoms with Gasteiger partial charge < -0.3 is 0 Å². The van der Waals surface area contributed by atoms with E-state index in [9.17, 15) is 0 Å². The monoisotopic (exact) mass is 421 g/mol. The van der Waals surface area contributed by atoms with Crippen molar-refractivity contribution in [1.29, 1.82) is 0 Å². The van der Waals surface area contributed by atoms with Crippen LogP contribution in [0, 0.1) is 69.1 Å². The molecule has 0 radical (unpaired) electrons. The molecule has 5 heavy (non-hydrogen) atoms. The average molecular weight is 421 g/mol. The minimum Gasteiger partial charge on any atom is 0 e. The fourth-order valence-electron chi connectivity index (χ4n) is 0. The van der Waals surface area contributed by atoms with Gasteiger partial charge in [0, 0.05) is 39.9 Å². The van der Waals surface area contributed by atoms with Crippen molar-refractivity contribution in [2.45, 2.75) is 0 Å². The zero-order chi connectivity index (χ0) is 3.58. The van der Waals surface area contributed by atoms with Crippen molar-refractivity contribution in [3.8, 4) is 0 Å². The van der Waals surface area contributed by atoms with Gasteiger partial charge in [-0.25, -0.2) is 0 Å². The SMILES string of the molecule is [Cl][Gd]([Cl])[Cl].[Gd]. The molecule has 0 N–H and O–H groups in total. The molecule has 0 aromatic carbocycles. The number of hydrogen-bond acceptors (Lipinski definition) is 0. The maximum Gasteiger partial charge on any atom is 0 e. The fourth-order valence-corrected chi connectivity index (χ4v) is 0. The van der Waals surface area contributed by atoms with Crippen molar-refractivity contribution >= 4 is 17.9 Å². The molecule has 0 fully saturated rings. The third-order valence-electron chi connectivity index (χ3n) is 0. The fraction of sp³-hybridized carbons (Fsp3) is 0. The molecule has 0 unspecified atom stereocenters. The Hall–Kier alpha value is 3.52. The molecule has 0 amide bonds. The van der Waals surface area contributed by atoms with E-state index in [0.717, 1.165) is 0 Å². The molecule has 0 rings (SSSR count). The van der Waals surface area contributed by atoms with E-state index in [4.69, 9.17) is 17.9 Å². The van der Waals surface area contributed by atoms with Gasteiger partial charge >= 0.3 is 47.1 Å². The number of halogens is 3. The first-order chi connectivity index (χ1) is 1.73. The summed E-state index contributed by atoms with van der Waals surface area (Å²) in [5, 5.41) is 0. The average Bonchev–Trinajstić information content (AvgIpc) is 0.811.